The van der Waals surface area contributed by atoms with E-state index in [-0.39, 0.29) is 11.9 Å². The molecule has 2 rings (SSSR count). The quantitative estimate of drug-likeness (QED) is 0.947. The predicted octanol–water partition coefficient (Wildman–Crippen LogP) is 2.85. The van der Waals surface area contributed by atoms with Crippen LogP contribution in [0.2, 0.25) is 0 Å². The van der Waals surface area contributed by atoms with Gasteiger partial charge in [0.15, 0.2) is 0 Å². The smallest absolute Gasteiger partial charge is 0.123 e. The van der Waals surface area contributed by atoms with Crippen molar-refractivity contribution in [1.82, 2.24) is 9.78 Å². The minimum atomic E-state index is -0.313. The summed E-state index contributed by atoms with van der Waals surface area (Å²) in [5.74, 6) is -0.260. The molecule has 0 fully saturated rings. The van der Waals surface area contributed by atoms with Crippen LogP contribution in [-0.4, -0.2) is 9.78 Å². The fourth-order valence-corrected chi connectivity index (χ4v) is 2.30. The molecule has 1 aromatic carbocycles. The van der Waals surface area contributed by atoms with Crippen molar-refractivity contribution in [2.75, 3.05) is 0 Å². The average Bonchev–Trinajstić information content (AvgIpc) is 2.70. The van der Waals surface area contributed by atoms with Gasteiger partial charge in [-0.1, -0.05) is 12.1 Å². The maximum Gasteiger partial charge on any atom is 0.123 e. The summed E-state index contributed by atoms with van der Waals surface area (Å²) in [6, 6.07) is 5.90. The second kappa shape index (κ2) is 4.98. The van der Waals surface area contributed by atoms with Crippen molar-refractivity contribution in [2.24, 2.45) is 5.73 Å². The van der Waals surface area contributed by atoms with Crippen LogP contribution in [0.3, 0.4) is 0 Å². The van der Waals surface area contributed by atoms with Gasteiger partial charge in [-0.3, -0.25) is 4.68 Å². The van der Waals surface area contributed by atoms with Gasteiger partial charge in [0.2, 0.25) is 0 Å². The zero-order valence-corrected chi connectivity index (χ0v) is 11.0. The summed E-state index contributed by atoms with van der Waals surface area (Å²) in [4.78, 5) is 0. The molecule has 0 aliphatic heterocycles. The monoisotopic (exact) mass is 297 g/mol. The highest BCUT2D eigenvalue weighted by Gasteiger charge is 2.17. The molecule has 0 saturated heterocycles. The first kappa shape index (κ1) is 12.3. The van der Waals surface area contributed by atoms with Crippen molar-refractivity contribution in [3.05, 3.63) is 52.0 Å². The van der Waals surface area contributed by atoms with Crippen LogP contribution in [0, 0.1) is 5.82 Å². The summed E-state index contributed by atoms with van der Waals surface area (Å²) < 4.78 is 15.6. The van der Waals surface area contributed by atoms with Gasteiger partial charge in [-0.2, -0.15) is 5.10 Å². The van der Waals surface area contributed by atoms with Crippen molar-refractivity contribution in [3.63, 3.8) is 0 Å². The van der Waals surface area contributed by atoms with Gasteiger partial charge in [0.25, 0.3) is 0 Å². The Balaban J connectivity index is 2.39. The van der Waals surface area contributed by atoms with E-state index in [0.29, 0.717) is 0 Å². The van der Waals surface area contributed by atoms with Gasteiger partial charge < -0.3 is 5.73 Å². The van der Waals surface area contributed by atoms with E-state index in [9.17, 15) is 4.39 Å². The lowest BCUT2D eigenvalue weighted by molar-refractivity contribution is 0.597. The lowest BCUT2D eigenvalue weighted by atomic mass is 10.0. The Kier molecular flexibility index (Phi) is 3.59. The first-order chi connectivity index (χ1) is 8.13. The van der Waals surface area contributed by atoms with Crippen LogP contribution in [0.15, 0.2) is 34.9 Å². The van der Waals surface area contributed by atoms with E-state index in [1.54, 1.807) is 18.3 Å². The second-order valence-corrected chi connectivity index (χ2v) is 4.58. The standard InChI is InChI=1S/C12H13BrFN3/c1-2-17-12(10(13)7-16-17)11(15)8-3-5-9(14)6-4-8/h3-7,11H,2,15H2,1H3. The van der Waals surface area contributed by atoms with Gasteiger partial charge in [0, 0.05) is 6.54 Å². The number of nitrogens with two attached hydrogens (primary N) is 1. The molecule has 2 aromatic rings. The molecule has 1 heterocycles. The summed E-state index contributed by atoms with van der Waals surface area (Å²) in [7, 11) is 0. The maximum atomic E-state index is 12.8. The lowest BCUT2D eigenvalue weighted by Crippen LogP contribution is -2.17. The molecule has 1 aromatic heterocycles. The molecular formula is C12H13BrFN3. The number of benzene rings is 1. The molecule has 1 atom stereocenters. The third kappa shape index (κ3) is 2.40. The SMILES string of the molecule is CCn1ncc(Br)c1C(N)c1ccc(F)cc1. The summed E-state index contributed by atoms with van der Waals surface area (Å²) in [6.07, 6.45) is 1.72. The Morgan fingerprint density at radius 2 is 2.06 bits per heavy atom. The lowest BCUT2D eigenvalue weighted by Gasteiger charge is -2.14. The number of halogens is 2. The van der Waals surface area contributed by atoms with Crippen molar-refractivity contribution < 1.29 is 4.39 Å². The van der Waals surface area contributed by atoms with Crippen LogP contribution in [0.5, 0.6) is 0 Å². The third-order valence-electron chi connectivity index (χ3n) is 2.66. The summed E-state index contributed by atoms with van der Waals surface area (Å²) >= 11 is 3.43. The molecule has 1 unspecified atom stereocenters. The first-order valence-electron chi connectivity index (χ1n) is 5.35. The Bertz CT molecular complexity index is 507. The van der Waals surface area contributed by atoms with E-state index >= 15 is 0 Å². The number of hydrogen-bond acceptors (Lipinski definition) is 2. The molecule has 0 amide bonds. The van der Waals surface area contributed by atoms with E-state index in [1.807, 2.05) is 11.6 Å². The summed E-state index contributed by atoms with van der Waals surface area (Å²) in [5, 5.41) is 4.21. The maximum absolute atomic E-state index is 12.8. The topological polar surface area (TPSA) is 43.8 Å². The van der Waals surface area contributed by atoms with E-state index in [4.69, 9.17) is 5.73 Å². The zero-order chi connectivity index (χ0) is 12.4. The highest BCUT2D eigenvalue weighted by molar-refractivity contribution is 9.10. The van der Waals surface area contributed by atoms with E-state index < -0.39 is 0 Å². The van der Waals surface area contributed by atoms with Gasteiger partial charge in [0.05, 0.1) is 22.4 Å². The zero-order valence-electron chi connectivity index (χ0n) is 9.40. The van der Waals surface area contributed by atoms with Crippen molar-refractivity contribution in [2.45, 2.75) is 19.5 Å². The molecule has 5 heteroatoms. The Morgan fingerprint density at radius 1 is 1.41 bits per heavy atom. The number of hydrogen-bond donors (Lipinski definition) is 1. The minimum absolute atomic E-state index is 0.260. The van der Waals surface area contributed by atoms with E-state index in [0.717, 1.165) is 22.3 Å². The van der Waals surface area contributed by atoms with Crippen LogP contribution in [0.1, 0.15) is 24.2 Å². The molecule has 0 saturated carbocycles. The van der Waals surface area contributed by atoms with Crippen molar-refractivity contribution >= 4 is 15.9 Å². The molecule has 17 heavy (non-hydrogen) atoms. The normalized spacial score (nSPS) is 12.7. The number of aromatic nitrogens is 2. The van der Waals surface area contributed by atoms with Gasteiger partial charge >= 0.3 is 0 Å². The first-order valence-corrected chi connectivity index (χ1v) is 6.15. The van der Waals surface area contributed by atoms with Crippen LogP contribution >= 0.6 is 15.9 Å². The average molecular weight is 298 g/mol. The van der Waals surface area contributed by atoms with Crippen LogP contribution in [-0.2, 0) is 6.54 Å². The predicted molar refractivity (Wildman–Crippen MR) is 68.0 cm³/mol. The highest BCUT2D eigenvalue weighted by atomic mass is 79.9. The summed E-state index contributed by atoms with van der Waals surface area (Å²) in [6.45, 7) is 2.75. The second-order valence-electron chi connectivity index (χ2n) is 3.72. The largest absolute Gasteiger partial charge is 0.319 e. The van der Waals surface area contributed by atoms with Gasteiger partial charge in [-0.15, -0.1) is 0 Å². The molecular weight excluding hydrogens is 285 g/mol. The Hall–Kier alpha value is -1.20. The Morgan fingerprint density at radius 3 is 2.65 bits per heavy atom. The van der Waals surface area contributed by atoms with Crippen LogP contribution in [0.25, 0.3) is 0 Å². The number of nitrogens with zero attached hydrogens (tertiary/aromatic N) is 2. The fourth-order valence-electron chi connectivity index (χ4n) is 1.76. The van der Waals surface area contributed by atoms with Gasteiger partial charge in [-0.05, 0) is 40.5 Å². The highest BCUT2D eigenvalue weighted by Crippen LogP contribution is 2.26. The molecule has 3 nitrogen and oxygen atoms in total. The number of aryl methyl sites for hydroxylation is 1. The molecule has 0 bridgehead atoms. The summed E-state index contributed by atoms with van der Waals surface area (Å²) in [5.41, 5.74) is 7.94. The number of rotatable bonds is 3. The van der Waals surface area contributed by atoms with Crippen molar-refractivity contribution in [3.8, 4) is 0 Å². The van der Waals surface area contributed by atoms with Gasteiger partial charge in [-0.25, -0.2) is 4.39 Å². The van der Waals surface area contributed by atoms with Crippen molar-refractivity contribution in [1.29, 1.82) is 0 Å². The molecule has 0 aliphatic rings. The third-order valence-corrected chi connectivity index (χ3v) is 3.27. The van der Waals surface area contributed by atoms with Crippen LogP contribution in [0.4, 0.5) is 4.39 Å². The Labute approximate surface area is 108 Å². The fraction of sp³-hybridized carbons (Fsp3) is 0.250. The molecule has 90 valence electrons. The minimum Gasteiger partial charge on any atom is -0.319 e. The van der Waals surface area contributed by atoms with E-state index in [1.165, 1.54) is 12.1 Å². The van der Waals surface area contributed by atoms with Crippen LogP contribution < -0.4 is 5.73 Å². The molecule has 0 radical (unpaired) electrons. The van der Waals surface area contributed by atoms with Gasteiger partial charge in [0.1, 0.15) is 5.82 Å². The molecule has 0 spiro atoms. The molecule has 0 aliphatic carbocycles. The van der Waals surface area contributed by atoms with E-state index in [2.05, 4.69) is 21.0 Å². The molecule has 2 N–H and O–H groups in total.